The first kappa shape index (κ1) is 17.0. The van der Waals surface area contributed by atoms with Gasteiger partial charge in [0, 0.05) is 19.3 Å². The van der Waals surface area contributed by atoms with Crippen LogP contribution in [0.15, 0.2) is 42.7 Å². The number of aromatic carboxylic acids is 1. The van der Waals surface area contributed by atoms with Crippen LogP contribution in [0.2, 0.25) is 0 Å². The summed E-state index contributed by atoms with van der Waals surface area (Å²) >= 11 is 0. The Morgan fingerprint density at radius 1 is 1.22 bits per heavy atom. The molecule has 0 bridgehead atoms. The Balaban J connectivity index is 1.46. The number of hydrogen-bond donors (Lipinski definition) is 2. The molecule has 0 fully saturated rings. The second-order valence-electron chi connectivity index (χ2n) is 6.49. The minimum Gasteiger partial charge on any atom is -0.476 e. The fourth-order valence-corrected chi connectivity index (χ4v) is 3.28. The van der Waals surface area contributed by atoms with Crippen molar-refractivity contribution in [1.29, 1.82) is 0 Å². The van der Waals surface area contributed by atoms with Gasteiger partial charge in [0.05, 0.1) is 23.1 Å². The zero-order valence-electron chi connectivity index (χ0n) is 14.6. The molecule has 1 amide bonds. The quantitative estimate of drug-likeness (QED) is 0.720. The topological polar surface area (TPSA) is 102 Å². The standard InChI is InChI=1S/C19H19N5O3/c25-18(15-12-21-24-8-2-1-6-17(15)24)20-11-13-4-3-5-14(10-13)23-9-7-16(22-23)19(26)27/h3-5,7,9-10,12H,1-2,6,8,11H2,(H,20,25)(H,26,27). The maximum atomic E-state index is 12.5. The molecule has 3 aromatic rings. The van der Waals surface area contributed by atoms with Gasteiger partial charge >= 0.3 is 5.97 Å². The van der Waals surface area contributed by atoms with Crippen LogP contribution in [0.5, 0.6) is 0 Å². The average molecular weight is 365 g/mol. The van der Waals surface area contributed by atoms with Gasteiger partial charge in [-0.1, -0.05) is 12.1 Å². The third-order valence-corrected chi connectivity index (χ3v) is 4.66. The minimum absolute atomic E-state index is 0.0142. The van der Waals surface area contributed by atoms with Crippen molar-refractivity contribution in [2.24, 2.45) is 0 Å². The van der Waals surface area contributed by atoms with E-state index in [9.17, 15) is 9.59 Å². The van der Waals surface area contributed by atoms with Crippen molar-refractivity contribution in [3.63, 3.8) is 0 Å². The molecule has 4 rings (SSSR count). The molecule has 8 heteroatoms. The monoisotopic (exact) mass is 365 g/mol. The van der Waals surface area contributed by atoms with Crippen molar-refractivity contribution in [2.45, 2.75) is 32.4 Å². The molecule has 0 saturated heterocycles. The summed E-state index contributed by atoms with van der Waals surface area (Å²) in [6.07, 6.45) is 6.29. The lowest BCUT2D eigenvalue weighted by atomic mass is 10.1. The van der Waals surface area contributed by atoms with Crippen LogP contribution >= 0.6 is 0 Å². The Bertz CT molecular complexity index is 1000. The van der Waals surface area contributed by atoms with Crippen molar-refractivity contribution in [1.82, 2.24) is 24.9 Å². The lowest BCUT2D eigenvalue weighted by molar-refractivity contribution is 0.0689. The Morgan fingerprint density at radius 2 is 2.11 bits per heavy atom. The van der Waals surface area contributed by atoms with E-state index in [1.54, 1.807) is 12.4 Å². The van der Waals surface area contributed by atoms with Crippen molar-refractivity contribution >= 4 is 11.9 Å². The van der Waals surface area contributed by atoms with Crippen LogP contribution in [0, 0.1) is 0 Å². The molecule has 2 aromatic heterocycles. The van der Waals surface area contributed by atoms with Crippen LogP contribution in [-0.4, -0.2) is 36.5 Å². The van der Waals surface area contributed by atoms with E-state index >= 15 is 0 Å². The Labute approximate surface area is 155 Å². The van der Waals surface area contributed by atoms with Crippen LogP contribution in [0.25, 0.3) is 5.69 Å². The van der Waals surface area contributed by atoms with Gasteiger partial charge in [0.1, 0.15) is 0 Å². The second-order valence-corrected chi connectivity index (χ2v) is 6.49. The molecule has 0 radical (unpaired) electrons. The van der Waals surface area contributed by atoms with Gasteiger partial charge in [0.25, 0.3) is 5.91 Å². The van der Waals surface area contributed by atoms with E-state index in [1.165, 1.54) is 10.7 Å². The van der Waals surface area contributed by atoms with E-state index < -0.39 is 5.97 Å². The predicted molar refractivity (Wildman–Crippen MR) is 96.9 cm³/mol. The number of nitrogens with zero attached hydrogens (tertiary/aromatic N) is 4. The van der Waals surface area contributed by atoms with Gasteiger partial charge in [-0.2, -0.15) is 10.2 Å². The number of carbonyl (C=O) groups excluding carboxylic acids is 1. The maximum Gasteiger partial charge on any atom is 0.356 e. The summed E-state index contributed by atoms with van der Waals surface area (Å²) in [5.74, 6) is -1.20. The van der Waals surface area contributed by atoms with Gasteiger partial charge in [0.15, 0.2) is 5.69 Å². The summed E-state index contributed by atoms with van der Waals surface area (Å²) in [7, 11) is 0. The maximum absolute atomic E-state index is 12.5. The van der Waals surface area contributed by atoms with Gasteiger partial charge in [0.2, 0.25) is 0 Å². The Kier molecular flexibility index (Phi) is 4.45. The van der Waals surface area contributed by atoms with Crippen molar-refractivity contribution < 1.29 is 14.7 Å². The van der Waals surface area contributed by atoms with Gasteiger partial charge < -0.3 is 10.4 Å². The number of carboxylic acid groups (broad SMARTS) is 1. The Morgan fingerprint density at radius 3 is 2.93 bits per heavy atom. The number of fused-ring (bicyclic) bond motifs is 1. The molecule has 1 aliphatic heterocycles. The summed E-state index contributed by atoms with van der Waals surface area (Å²) in [6.45, 7) is 1.23. The summed E-state index contributed by atoms with van der Waals surface area (Å²) in [4.78, 5) is 23.5. The number of hydrogen-bond acceptors (Lipinski definition) is 4. The molecule has 0 spiro atoms. The molecular formula is C19H19N5O3. The van der Waals surface area contributed by atoms with E-state index in [0.717, 1.165) is 42.8 Å². The van der Waals surface area contributed by atoms with Crippen LogP contribution in [-0.2, 0) is 19.5 Å². The fourth-order valence-electron chi connectivity index (χ4n) is 3.28. The largest absolute Gasteiger partial charge is 0.476 e. The van der Waals surface area contributed by atoms with E-state index in [-0.39, 0.29) is 11.6 Å². The highest BCUT2D eigenvalue weighted by Crippen LogP contribution is 2.18. The highest BCUT2D eigenvalue weighted by Gasteiger charge is 2.19. The van der Waals surface area contributed by atoms with E-state index in [4.69, 9.17) is 5.11 Å². The van der Waals surface area contributed by atoms with E-state index in [0.29, 0.717) is 12.1 Å². The summed E-state index contributed by atoms with van der Waals surface area (Å²) < 4.78 is 3.42. The number of nitrogens with one attached hydrogen (secondary N) is 1. The predicted octanol–water partition coefficient (Wildman–Crippen LogP) is 2.03. The zero-order chi connectivity index (χ0) is 18.8. The molecule has 0 atom stereocenters. The molecular weight excluding hydrogens is 346 g/mol. The molecule has 2 N–H and O–H groups in total. The van der Waals surface area contributed by atoms with Crippen LogP contribution in [0.1, 0.15) is 44.9 Å². The van der Waals surface area contributed by atoms with E-state index in [2.05, 4.69) is 15.5 Å². The van der Waals surface area contributed by atoms with Crippen LogP contribution in [0.4, 0.5) is 0 Å². The lowest BCUT2D eigenvalue weighted by Crippen LogP contribution is -2.24. The first-order chi connectivity index (χ1) is 13.1. The average Bonchev–Trinajstić information content (AvgIpc) is 3.34. The van der Waals surface area contributed by atoms with Gasteiger partial charge in [-0.15, -0.1) is 0 Å². The molecule has 138 valence electrons. The third kappa shape index (κ3) is 3.46. The molecule has 0 aliphatic carbocycles. The van der Waals surface area contributed by atoms with Crippen LogP contribution in [0.3, 0.4) is 0 Å². The first-order valence-electron chi connectivity index (χ1n) is 8.83. The van der Waals surface area contributed by atoms with Crippen molar-refractivity contribution in [2.75, 3.05) is 0 Å². The molecule has 8 nitrogen and oxygen atoms in total. The highest BCUT2D eigenvalue weighted by atomic mass is 16.4. The first-order valence-corrected chi connectivity index (χ1v) is 8.83. The van der Waals surface area contributed by atoms with E-state index in [1.807, 2.05) is 28.9 Å². The normalized spacial score (nSPS) is 13.2. The smallest absolute Gasteiger partial charge is 0.356 e. The zero-order valence-corrected chi connectivity index (χ0v) is 14.6. The SMILES string of the molecule is O=C(O)c1ccn(-c2cccc(CNC(=O)c3cnn4c3CCCC4)c2)n1. The highest BCUT2D eigenvalue weighted by molar-refractivity contribution is 5.95. The number of benzene rings is 1. The number of aromatic nitrogens is 4. The molecule has 1 aliphatic rings. The van der Waals surface area contributed by atoms with Gasteiger partial charge in [-0.3, -0.25) is 9.48 Å². The fraction of sp³-hybridized carbons (Fsp3) is 0.263. The van der Waals surface area contributed by atoms with Crippen molar-refractivity contribution in [3.05, 3.63) is 65.2 Å². The number of carbonyl (C=O) groups is 2. The van der Waals surface area contributed by atoms with Gasteiger partial charge in [-0.05, 0) is 43.0 Å². The third-order valence-electron chi connectivity index (χ3n) is 4.66. The summed E-state index contributed by atoms with van der Waals surface area (Å²) in [5.41, 5.74) is 3.26. The second kappa shape index (κ2) is 7.06. The summed E-state index contributed by atoms with van der Waals surface area (Å²) in [5, 5.41) is 20.3. The molecule has 0 unspecified atom stereocenters. The molecule has 0 saturated carbocycles. The lowest BCUT2D eigenvalue weighted by Gasteiger charge is -2.14. The number of rotatable bonds is 5. The Hall–Kier alpha value is -3.42. The molecule has 27 heavy (non-hydrogen) atoms. The van der Waals surface area contributed by atoms with Gasteiger partial charge in [-0.25, -0.2) is 9.48 Å². The molecule has 3 heterocycles. The van der Waals surface area contributed by atoms with Crippen LogP contribution < -0.4 is 5.32 Å². The number of aryl methyl sites for hydroxylation is 1. The summed E-state index contributed by atoms with van der Waals surface area (Å²) in [6, 6.07) is 8.89. The number of amides is 1. The molecule has 1 aromatic carbocycles. The van der Waals surface area contributed by atoms with Crippen molar-refractivity contribution in [3.8, 4) is 5.69 Å². The number of carboxylic acids is 1. The minimum atomic E-state index is -1.07.